The van der Waals surface area contributed by atoms with Crippen molar-refractivity contribution in [1.29, 1.82) is 0 Å². The number of aliphatic hydroxyl groups excluding tert-OH is 1. The molecule has 27 heavy (non-hydrogen) atoms. The first-order chi connectivity index (χ1) is 13.1. The number of carbonyl (C=O) groups is 1. The lowest BCUT2D eigenvalue weighted by molar-refractivity contribution is -0.952. The third kappa shape index (κ3) is 3.64. The van der Waals surface area contributed by atoms with Crippen molar-refractivity contribution in [2.45, 2.75) is 50.0 Å². The van der Waals surface area contributed by atoms with Crippen molar-refractivity contribution in [3.63, 3.8) is 0 Å². The fourth-order valence-corrected chi connectivity index (χ4v) is 5.03. The maximum Gasteiger partial charge on any atom is 0.338 e. The molecule has 0 saturated carbocycles. The summed E-state index contributed by atoms with van der Waals surface area (Å²) in [6, 6.07) is 20.0. The zero-order valence-electron chi connectivity index (χ0n) is 15.8. The topological polar surface area (TPSA) is 46.5 Å². The fourth-order valence-electron chi connectivity index (χ4n) is 5.03. The second kappa shape index (κ2) is 7.45. The number of esters is 1. The molecule has 2 bridgehead atoms. The van der Waals surface area contributed by atoms with Crippen LogP contribution in [0, 0.1) is 0 Å². The van der Waals surface area contributed by atoms with Crippen molar-refractivity contribution in [3.8, 4) is 0 Å². The van der Waals surface area contributed by atoms with Crippen LogP contribution in [-0.4, -0.2) is 47.3 Å². The number of quaternary nitrogens is 1. The minimum Gasteiger partial charge on any atom is -0.458 e. The molecule has 2 aliphatic rings. The summed E-state index contributed by atoms with van der Waals surface area (Å²) in [5, 5.41) is 10.8. The molecule has 2 heterocycles. The highest BCUT2D eigenvalue weighted by atomic mass is 16.5. The van der Waals surface area contributed by atoms with E-state index in [2.05, 4.69) is 7.05 Å². The van der Waals surface area contributed by atoms with Gasteiger partial charge in [0.15, 0.2) is 0 Å². The van der Waals surface area contributed by atoms with Gasteiger partial charge in [-0.15, -0.1) is 0 Å². The zero-order chi connectivity index (χ0) is 18.9. The Morgan fingerprint density at radius 3 is 2.19 bits per heavy atom. The van der Waals surface area contributed by atoms with Gasteiger partial charge in [-0.3, -0.25) is 0 Å². The molecule has 3 unspecified atom stereocenters. The van der Waals surface area contributed by atoms with Gasteiger partial charge >= 0.3 is 5.97 Å². The molecular formula is C23H28NO3+. The van der Waals surface area contributed by atoms with E-state index in [-0.39, 0.29) is 12.1 Å². The largest absolute Gasteiger partial charge is 0.458 e. The molecule has 0 radical (unpaired) electrons. The standard InChI is InChI=1S/C23H28NO3/c1-24(16-22(25)17-8-4-2-5-9-17)19-12-13-20(24)15-21(14-19)27-23(26)18-10-6-3-7-11-18/h2-11,19-22,25H,12-16H2,1H3/q+1/t19-,20+,21?,22?,24?. The Kier molecular flexibility index (Phi) is 5.02. The first-order valence-electron chi connectivity index (χ1n) is 9.90. The number of hydrogen-bond donors (Lipinski definition) is 1. The molecule has 0 aliphatic carbocycles. The molecule has 2 aliphatic heterocycles. The average Bonchev–Trinajstić information content (AvgIpc) is 2.86. The van der Waals surface area contributed by atoms with Crippen LogP contribution in [0.5, 0.6) is 0 Å². The summed E-state index contributed by atoms with van der Waals surface area (Å²) in [6.45, 7) is 0.721. The van der Waals surface area contributed by atoms with Gasteiger partial charge in [-0.2, -0.15) is 0 Å². The van der Waals surface area contributed by atoms with E-state index in [1.165, 1.54) is 0 Å². The quantitative estimate of drug-likeness (QED) is 0.648. The van der Waals surface area contributed by atoms with Gasteiger partial charge < -0.3 is 14.3 Å². The maximum atomic E-state index is 12.4. The van der Waals surface area contributed by atoms with Crippen LogP contribution < -0.4 is 0 Å². The number of fused-ring (bicyclic) bond motifs is 2. The van der Waals surface area contributed by atoms with E-state index < -0.39 is 6.10 Å². The number of carbonyl (C=O) groups excluding carboxylic acids is 1. The van der Waals surface area contributed by atoms with Crippen molar-refractivity contribution in [3.05, 3.63) is 71.8 Å². The molecular weight excluding hydrogens is 338 g/mol. The molecule has 2 fully saturated rings. The second-order valence-electron chi connectivity index (χ2n) is 8.21. The molecule has 0 aromatic heterocycles. The van der Waals surface area contributed by atoms with Crippen molar-refractivity contribution in [2.75, 3.05) is 13.6 Å². The molecule has 0 amide bonds. The van der Waals surface area contributed by atoms with Crippen LogP contribution in [0.15, 0.2) is 60.7 Å². The summed E-state index contributed by atoms with van der Waals surface area (Å²) in [5.74, 6) is -0.222. The number of piperidine rings is 1. The van der Waals surface area contributed by atoms with E-state index in [1.54, 1.807) is 12.1 Å². The lowest BCUT2D eigenvalue weighted by atomic mass is 9.95. The minimum absolute atomic E-state index is 0.0183. The van der Waals surface area contributed by atoms with Gasteiger partial charge in [-0.25, -0.2) is 4.79 Å². The van der Waals surface area contributed by atoms with E-state index in [4.69, 9.17) is 4.74 Å². The number of hydrogen-bond acceptors (Lipinski definition) is 3. The predicted octanol–water partition coefficient (Wildman–Crippen LogP) is 3.72. The molecule has 4 nitrogen and oxygen atoms in total. The third-order valence-corrected chi connectivity index (χ3v) is 6.61. The Morgan fingerprint density at radius 1 is 1.04 bits per heavy atom. The number of benzene rings is 2. The first kappa shape index (κ1) is 18.2. The first-order valence-corrected chi connectivity index (χ1v) is 9.90. The zero-order valence-corrected chi connectivity index (χ0v) is 15.8. The monoisotopic (exact) mass is 366 g/mol. The van der Waals surface area contributed by atoms with E-state index in [0.717, 1.165) is 42.3 Å². The van der Waals surface area contributed by atoms with Crippen molar-refractivity contribution in [2.24, 2.45) is 0 Å². The lowest BCUT2D eigenvalue weighted by Crippen LogP contribution is -2.60. The Hall–Kier alpha value is -2.17. The Balaban J connectivity index is 1.42. The van der Waals surface area contributed by atoms with E-state index in [9.17, 15) is 9.90 Å². The molecule has 2 aromatic rings. The van der Waals surface area contributed by atoms with Crippen LogP contribution in [0.3, 0.4) is 0 Å². The normalized spacial score (nSPS) is 30.7. The fraction of sp³-hybridized carbons (Fsp3) is 0.435. The molecule has 142 valence electrons. The van der Waals surface area contributed by atoms with Crippen molar-refractivity contribution < 1.29 is 19.1 Å². The third-order valence-electron chi connectivity index (χ3n) is 6.61. The Morgan fingerprint density at radius 2 is 1.59 bits per heavy atom. The number of likely N-dealkylation sites (N-methyl/N-ethyl adjacent to an activating group) is 1. The second-order valence-corrected chi connectivity index (χ2v) is 8.21. The summed E-state index contributed by atoms with van der Waals surface area (Å²) >= 11 is 0. The molecule has 4 rings (SSSR count). The van der Waals surface area contributed by atoms with E-state index in [0.29, 0.717) is 17.6 Å². The smallest absolute Gasteiger partial charge is 0.338 e. The number of nitrogens with zero attached hydrogens (tertiary/aromatic N) is 1. The van der Waals surface area contributed by atoms with Crippen LogP contribution >= 0.6 is 0 Å². The molecule has 1 N–H and O–H groups in total. The van der Waals surface area contributed by atoms with Gasteiger partial charge in [0, 0.05) is 25.7 Å². The van der Waals surface area contributed by atoms with Gasteiger partial charge in [-0.05, 0) is 17.7 Å². The molecule has 0 spiro atoms. The highest BCUT2D eigenvalue weighted by Crippen LogP contribution is 2.43. The highest BCUT2D eigenvalue weighted by Gasteiger charge is 2.53. The van der Waals surface area contributed by atoms with Crippen molar-refractivity contribution >= 4 is 5.97 Å². The number of ether oxygens (including phenoxy) is 1. The summed E-state index contributed by atoms with van der Waals surface area (Å²) in [4.78, 5) is 12.4. The molecule has 4 heteroatoms. The van der Waals surface area contributed by atoms with Gasteiger partial charge in [0.2, 0.25) is 0 Å². The summed E-state index contributed by atoms with van der Waals surface area (Å²) in [7, 11) is 2.27. The van der Waals surface area contributed by atoms with Crippen LogP contribution in [0.2, 0.25) is 0 Å². The predicted molar refractivity (Wildman–Crippen MR) is 104 cm³/mol. The van der Waals surface area contributed by atoms with Crippen molar-refractivity contribution in [1.82, 2.24) is 0 Å². The number of aliphatic hydroxyl groups is 1. The van der Waals surface area contributed by atoms with Crippen LogP contribution in [-0.2, 0) is 4.74 Å². The van der Waals surface area contributed by atoms with Gasteiger partial charge in [0.05, 0.1) is 24.7 Å². The molecule has 5 atom stereocenters. The van der Waals surface area contributed by atoms with Gasteiger partial charge in [-0.1, -0.05) is 48.5 Å². The average molecular weight is 366 g/mol. The maximum absolute atomic E-state index is 12.4. The molecule has 2 saturated heterocycles. The minimum atomic E-state index is -0.456. The van der Waals surface area contributed by atoms with Gasteiger partial charge in [0.25, 0.3) is 0 Å². The summed E-state index contributed by atoms with van der Waals surface area (Å²) in [5.41, 5.74) is 1.60. The Labute approximate surface area is 161 Å². The van der Waals surface area contributed by atoms with E-state index >= 15 is 0 Å². The Bertz CT molecular complexity index is 763. The van der Waals surface area contributed by atoms with Gasteiger partial charge in [0.1, 0.15) is 18.8 Å². The van der Waals surface area contributed by atoms with Crippen LogP contribution in [0.25, 0.3) is 0 Å². The number of rotatable bonds is 5. The highest BCUT2D eigenvalue weighted by molar-refractivity contribution is 5.89. The van der Waals surface area contributed by atoms with Crippen LogP contribution in [0.1, 0.15) is 47.7 Å². The lowest BCUT2D eigenvalue weighted by Gasteiger charge is -2.47. The van der Waals surface area contributed by atoms with E-state index in [1.807, 2.05) is 48.5 Å². The molecule has 2 aromatic carbocycles. The van der Waals surface area contributed by atoms with Crippen LogP contribution in [0.4, 0.5) is 0 Å². The summed E-state index contributed by atoms with van der Waals surface area (Å²) < 4.78 is 6.71. The summed E-state index contributed by atoms with van der Waals surface area (Å²) in [6.07, 6.45) is 3.57. The SMILES string of the molecule is C[N+]1(CC(O)c2ccccc2)[C@@H]2CC[C@H]1CC(OC(=O)c1ccccc1)C2.